The van der Waals surface area contributed by atoms with Crippen molar-refractivity contribution >= 4 is 23.2 Å². The van der Waals surface area contributed by atoms with Crippen molar-refractivity contribution in [2.45, 2.75) is 6.54 Å². The number of primary amides is 1. The Hall–Kier alpha value is -1.94. The molecule has 3 N–H and O–H groups in total. The van der Waals surface area contributed by atoms with Crippen LogP contribution in [0.15, 0.2) is 40.8 Å². The molecule has 1 heterocycles. The molecule has 1 aromatic heterocycles. The molecule has 0 fully saturated rings. The highest BCUT2D eigenvalue weighted by molar-refractivity contribution is 6.28. The van der Waals surface area contributed by atoms with Crippen LogP contribution in [0.4, 0.5) is 5.69 Å². The van der Waals surface area contributed by atoms with Crippen LogP contribution >= 0.6 is 11.6 Å². The second-order valence-corrected chi connectivity index (χ2v) is 3.87. The normalized spacial score (nSPS) is 10.2. The minimum absolute atomic E-state index is 0.367. The van der Waals surface area contributed by atoms with Gasteiger partial charge in [-0.05, 0) is 48.0 Å². The number of furan rings is 1. The number of carbonyl (C=O) groups excluding carboxylic acids is 1. The summed E-state index contributed by atoms with van der Waals surface area (Å²) in [5.74, 6) is 0.309. The fourth-order valence-electron chi connectivity index (χ4n) is 1.39. The van der Waals surface area contributed by atoms with E-state index in [0.29, 0.717) is 17.3 Å². The second-order valence-electron chi connectivity index (χ2n) is 3.50. The fourth-order valence-corrected chi connectivity index (χ4v) is 1.55. The summed E-state index contributed by atoms with van der Waals surface area (Å²) < 4.78 is 5.20. The Bertz CT molecular complexity index is 520. The molecule has 0 saturated heterocycles. The zero-order valence-electron chi connectivity index (χ0n) is 8.94. The molecule has 0 aliphatic rings. The number of rotatable bonds is 4. The molecule has 0 saturated carbocycles. The molecule has 1 amide bonds. The first-order chi connectivity index (χ1) is 8.15. The van der Waals surface area contributed by atoms with Crippen LogP contribution in [-0.2, 0) is 6.54 Å². The van der Waals surface area contributed by atoms with E-state index in [0.717, 1.165) is 11.4 Å². The Morgan fingerprint density at radius 1 is 1.24 bits per heavy atom. The van der Waals surface area contributed by atoms with Gasteiger partial charge in [-0.1, -0.05) is 0 Å². The first kappa shape index (κ1) is 11.5. The van der Waals surface area contributed by atoms with Gasteiger partial charge in [0.2, 0.25) is 5.91 Å². The molecule has 0 atom stereocenters. The van der Waals surface area contributed by atoms with E-state index in [-0.39, 0.29) is 0 Å². The average Bonchev–Trinajstić information content (AvgIpc) is 2.73. The summed E-state index contributed by atoms with van der Waals surface area (Å²) in [4.78, 5) is 10.9. The van der Waals surface area contributed by atoms with Crippen LogP contribution < -0.4 is 11.1 Å². The Morgan fingerprint density at radius 3 is 2.47 bits per heavy atom. The highest BCUT2D eigenvalue weighted by Gasteiger charge is 2.01. The molecule has 1 aromatic carbocycles. The molecule has 2 rings (SSSR count). The number of nitrogens with one attached hydrogen (secondary N) is 1. The Morgan fingerprint density at radius 2 is 1.94 bits per heavy atom. The maximum Gasteiger partial charge on any atom is 0.248 e. The number of amides is 1. The van der Waals surface area contributed by atoms with Crippen LogP contribution in [0.5, 0.6) is 0 Å². The first-order valence-electron chi connectivity index (χ1n) is 5.03. The molecule has 0 aliphatic carbocycles. The van der Waals surface area contributed by atoms with E-state index in [4.69, 9.17) is 21.8 Å². The summed E-state index contributed by atoms with van der Waals surface area (Å²) in [6.45, 7) is 0.530. The van der Waals surface area contributed by atoms with Crippen LogP contribution in [0.2, 0.25) is 5.22 Å². The van der Waals surface area contributed by atoms with Crippen molar-refractivity contribution in [1.82, 2.24) is 0 Å². The van der Waals surface area contributed by atoms with Crippen LogP contribution in [0.25, 0.3) is 0 Å². The molecule has 2 aromatic rings. The molecule has 88 valence electrons. The predicted molar refractivity (Wildman–Crippen MR) is 66.0 cm³/mol. The van der Waals surface area contributed by atoms with E-state index in [2.05, 4.69) is 5.32 Å². The minimum atomic E-state index is -0.436. The van der Waals surface area contributed by atoms with Gasteiger partial charge in [-0.3, -0.25) is 4.79 Å². The molecular formula is C12H11ClN2O2. The molecule has 17 heavy (non-hydrogen) atoms. The van der Waals surface area contributed by atoms with Crippen molar-refractivity contribution in [3.63, 3.8) is 0 Å². The summed E-state index contributed by atoms with van der Waals surface area (Å²) in [7, 11) is 0. The maximum atomic E-state index is 10.9. The third-order valence-electron chi connectivity index (χ3n) is 2.27. The van der Waals surface area contributed by atoms with Gasteiger partial charge in [0.15, 0.2) is 5.22 Å². The lowest BCUT2D eigenvalue weighted by molar-refractivity contribution is 0.100. The van der Waals surface area contributed by atoms with Crippen molar-refractivity contribution in [3.05, 3.63) is 52.9 Å². The predicted octanol–water partition coefficient (Wildman–Crippen LogP) is 2.64. The number of hydrogen-bond donors (Lipinski definition) is 2. The SMILES string of the molecule is NC(=O)c1ccc(NCc2ccc(Cl)o2)cc1. The number of halogens is 1. The van der Waals surface area contributed by atoms with E-state index in [1.165, 1.54) is 0 Å². The Balaban J connectivity index is 1.97. The van der Waals surface area contributed by atoms with Gasteiger partial charge in [-0.15, -0.1) is 0 Å². The van der Waals surface area contributed by atoms with Crippen molar-refractivity contribution in [1.29, 1.82) is 0 Å². The lowest BCUT2D eigenvalue weighted by Crippen LogP contribution is -2.10. The standard InChI is InChI=1S/C12H11ClN2O2/c13-11-6-5-10(17-11)7-15-9-3-1-8(2-4-9)12(14)16/h1-6,15H,7H2,(H2,14,16). The van der Waals surface area contributed by atoms with Gasteiger partial charge in [-0.25, -0.2) is 0 Å². The van der Waals surface area contributed by atoms with E-state index in [1.807, 2.05) is 0 Å². The third-order valence-corrected chi connectivity index (χ3v) is 2.47. The smallest absolute Gasteiger partial charge is 0.248 e. The summed E-state index contributed by atoms with van der Waals surface area (Å²) in [6, 6.07) is 10.4. The average molecular weight is 251 g/mol. The van der Waals surface area contributed by atoms with Crippen LogP contribution in [0.1, 0.15) is 16.1 Å². The summed E-state index contributed by atoms with van der Waals surface area (Å²) in [5.41, 5.74) is 6.50. The quantitative estimate of drug-likeness (QED) is 0.877. The molecule has 5 heteroatoms. The lowest BCUT2D eigenvalue weighted by atomic mass is 10.2. The zero-order valence-corrected chi connectivity index (χ0v) is 9.70. The van der Waals surface area contributed by atoms with Crippen molar-refractivity contribution in [3.8, 4) is 0 Å². The van der Waals surface area contributed by atoms with Crippen molar-refractivity contribution in [2.75, 3.05) is 5.32 Å². The van der Waals surface area contributed by atoms with Crippen molar-refractivity contribution < 1.29 is 9.21 Å². The van der Waals surface area contributed by atoms with Gasteiger partial charge >= 0.3 is 0 Å². The highest BCUT2D eigenvalue weighted by Crippen LogP contribution is 2.15. The zero-order chi connectivity index (χ0) is 12.3. The Kier molecular flexibility index (Phi) is 3.35. The van der Waals surface area contributed by atoms with E-state index >= 15 is 0 Å². The maximum absolute atomic E-state index is 10.9. The molecule has 4 nitrogen and oxygen atoms in total. The third kappa shape index (κ3) is 3.01. The number of carbonyl (C=O) groups is 1. The monoisotopic (exact) mass is 250 g/mol. The van der Waals surface area contributed by atoms with Crippen LogP contribution in [0.3, 0.4) is 0 Å². The van der Waals surface area contributed by atoms with E-state index in [9.17, 15) is 4.79 Å². The van der Waals surface area contributed by atoms with Crippen molar-refractivity contribution in [2.24, 2.45) is 5.73 Å². The minimum Gasteiger partial charge on any atom is -0.448 e. The van der Waals surface area contributed by atoms with Gasteiger partial charge in [0.25, 0.3) is 0 Å². The van der Waals surface area contributed by atoms with Gasteiger partial charge < -0.3 is 15.5 Å². The Labute approximate surface area is 103 Å². The number of benzene rings is 1. The molecule has 0 unspecified atom stereocenters. The summed E-state index contributed by atoms with van der Waals surface area (Å²) in [6.07, 6.45) is 0. The number of nitrogens with two attached hydrogens (primary N) is 1. The highest BCUT2D eigenvalue weighted by atomic mass is 35.5. The van der Waals surface area contributed by atoms with E-state index in [1.54, 1.807) is 36.4 Å². The first-order valence-corrected chi connectivity index (χ1v) is 5.41. The fraction of sp³-hybridized carbons (Fsp3) is 0.0833. The van der Waals surface area contributed by atoms with E-state index < -0.39 is 5.91 Å². The van der Waals surface area contributed by atoms with Crippen LogP contribution in [0, 0.1) is 0 Å². The van der Waals surface area contributed by atoms with Gasteiger partial charge in [0, 0.05) is 11.3 Å². The molecule has 0 aliphatic heterocycles. The number of hydrogen-bond acceptors (Lipinski definition) is 3. The van der Waals surface area contributed by atoms with Gasteiger partial charge in [0.05, 0.1) is 6.54 Å². The molecular weight excluding hydrogens is 240 g/mol. The molecule has 0 spiro atoms. The molecule has 0 bridgehead atoms. The lowest BCUT2D eigenvalue weighted by Gasteiger charge is -2.04. The topological polar surface area (TPSA) is 68.3 Å². The largest absolute Gasteiger partial charge is 0.448 e. The second kappa shape index (κ2) is 4.93. The number of anilines is 1. The van der Waals surface area contributed by atoms with Crippen LogP contribution in [-0.4, -0.2) is 5.91 Å². The summed E-state index contributed by atoms with van der Waals surface area (Å²) in [5, 5.41) is 3.50. The van der Waals surface area contributed by atoms with Gasteiger partial charge in [0.1, 0.15) is 5.76 Å². The summed E-state index contributed by atoms with van der Waals surface area (Å²) >= 11 is 5.65. The molecule has 0 radical (unpaired) electrons. The van der Waals surface area contributed by atoms with Gasteiger partial charge in [-0.2, -0.15) is 0 Å².